The van der Waals surface area contributed by atoms with Crippen LogP contribution < -0.4 is 15.0 Å². The van der Waals surface area contributed by atoms with Gasteiger partial charge in [0.15, 0.2) is 11.6 Å². The van der Waals surface area contributed by atoms with Gasteiger partial charge in [0, 0.05) is 22.5 Å². The minimum absolute atomic E-state index is 0.198. The molecule has 0 saturated carbocycles. The molecule has 6 nitrogen and oxygen atoms in total. The van der Waals surface area contributed by atoms with Crippen molar-refractivity contribution in [1.29, 1.82) is 0 Å². The molecule has 3 aromatic rings. The van der Waals surface area contributed by atoms with E-state index in [1.165, 1.54) is 6.92 Å². The van der Waals surface area contributed by atoms with Crippen molar-refractivity contribution in [1.82, 2.24) is 0 Å². The molecule has 0 aliphatic carbocycles. The number of fused-ring (bicyclic) bond motifs is 6. The number of carbonyl (C=O) groups excluding carboxylic acids is 3. The van der Waals surface area contributed by atoms with Crippen molar-refractivity contribution < 1.29 is 19.1 Å². The van der Waals surface area contributed by atoms with Gasteiger partial charge in [0.2, 0.25) is 5.91 Å². The van der Waals surface area contributed by atoms with E-state index in [0.717, 1.165) is 11.3 Å². The molecule has 1 saturated heterocycles. The SMILES string of the molecule is COc1ccc2c(c1)C=C[C@@H]1N2[C@H](C(C)=O)[C@H](C(=O)c2ccccc2Cl)[C@@]12C(=O)Nc1ccccc12. The number of hydrogen-bond donors (Lipinski definition) is 1. The predicted molar refractivity (Wildman–Crippen MR) is 139 cm³/mol. The van der Waals surface area contributed by atoms with Gasteiger partial charge >= 0.3 is 0 Å². The van der Waals surface area contributed by atoms with E-state index < -0.39 is 23.4 Å². The molecule has 4 atom stereocenters. The zero-order valence-corrected chi connectivity index (χ0v) is 20.5. The van der Waals surface area contributed by atoms with Gasteiger partial charge in [0.25, 0.3) is 0 Å². The molecule has 6 rings (SSSR count). The van der Waals surface area contributed by atoms with E-state index in [9.17, 15) is 14.4 Å². The fraction of sp³-hybridized carbons (Fsp3) is 0.207. The Balaban J connectivity index is 1.66. The normalized spacial score (nSPS) is 25.2. The molecule has 1 spiro atoms. The maximum absolute atomic E-state index is 14.4. The molecule has 3 aromatic carbocycles. The van der Waals surface area contributed by atoms with Crippen LogP contribution in [0.2, 0.25) is 5.02 Å². The van der Waals surface area contributed by atoms with Gasteiger partial charge in [-0.05, 0) is 48.9 Å². The topological polar surface area (TPSA) is 75.7 Å². The van der Waals surface area contributed by atoms with Gasteiger partial charge in [-0.1, -0.05) is 54.1 Å². The van der Waals surface area contributed by atoms with Gasteiger partial charge in [-0.3, -0.25) is 14.4 Å². The molecule has 180 valence electrons. The zero-order chi connectivity index (χ0) is 25.2. The second-order valence-electron chi connectivity index (χ2n) is 9.38. The fourth-order valence-electron chi connectivity index (χ4n) is 6.27. The summed E-state index contributed by atoms with van der Waals surface area (Å²) in [4.78, 5) is 43.8. The van der Waals surface area contributed by atoms with Crippen molar-refractivity contribution in [2.24, 2.45) is 5.92 Å². The van der Waals surface area contributed by atoms with Crippen LogP contribution in [0, 0.1) is 5.92 Å². The first-order valence-corrected chi connectivity index (χ1v) is 12.1. The molecule has 3 heterocycles. The Morgan fingerprint density at radius 1 is 1.06 bits per heavy atom. The Bertz CT molecular complexity index is 1480. The summed E-state index contributed by atoms with van der Waals surface area (Å²) in [6.07, 6.45) is 3.87. The lowest BCUT2D eigenvalue weighted by atomic mass is 9.64. The summed E-state index contributed by atoms with van der Waals surface area (Å²) in [6.45, 7) is 1.48. The van der Waals surface area contributed by atoms with Gasteiger partial charge < -0.3 is 15.0 Å². The number of amides is 1. The third-order valence-electron chi connectivity index (χ3n) is 7.68. The summed E-state index contributed by atoms with van der Waals surface area (Å²) in [5.74, 6) is -1.14. The minimum Gasteiger partial charge on any atom is -0.497 e. The molecule has 7 heteroatoms. The number of halogens is 1. The maximum atomic E-state index is 14.4. The number of carbonyl (C=O) groups is 3. The molecular formula is C29H23ClN2O4. The van der Waals surface area contributed by atoms with Crippen LogP contribution in [0.1, 0.15) is 28.4 Å². The van der Waals surface area contributed by atoms with Gasteiger partial charge in [0.1, 0.15) is 11.2 Å². The van der Waals surface area contributed by atoms with Gasteiger partial charge in [-0.25, -0.2) is 0 Å². The summed E-state index contributed by atoms with van der Waals surface area (Å²) < 4.78 is 5.40. The van der Waals surface area contributed by atoms with Crippen LogP contribution >= 0.6 is 11.6 Å². The van der Waals surface area contributed by atoms with E-state index in [2.05, 4.69) is 5.32 Å². The lowest BCUT2D eigenvalue weighted by Gasteiger charge is -2.37. The average molecular weight is 499 g/mol. The number of hydrogen-bond acceptors (Lipinski definition) is 5. The number of ether oxygens (including phenoxy) is 1. The number of anilines is 2. The van der Waals surface area contributed by atoms with Crippen LogP contribution in [-0.2, 0) is 15.0 Å². The third-order valence-corrected chi connectivity index (χ3v) is 8.01. The summed E-state index contributed by atoms with van der Waals surface area (Å²) in [6, 6.07) is 18.3. The Morgan fingerprint density at radius 3 is 2.56 bits per heavy atom. The molecule has 0 aromatic heterocycles. The molecule has 0 radical (unpaired) electrons. The zero-order valence-electron chi connectivity index (χ0n) is 19.7. The number of rotatable bonds is 4. The predicted octanol–water partition coefficient (Wildman–Crippen LogP) is 4.91. The van der Waals surface area contributed by atoms with Crippen molar-refractivity contribution >= 4 is 46.5 Å². The molecule has 0 unspecified atom stereocenters. The van der Waals surface area contributed by atoms with E-state index in [0.29, 0.717) is 22.6 Å². The van der Waals surface area contributed by atoms with Gasteiger partial charge in [0.05, 0.1) is 30.1 Å². The number of methoxy groups -OCH3 is 1. The van der Waals surface area contributed by atoms with Gasteiger partial charge in [-0.2, -0.15) is 0 Å². The number of nitrogens with zero attached hydrogens (tertiary/aromatic N) is 1. The van der Waals surface area contributed by atoms with Crippen LogP contribution in [0.3, 0.4) is 0 Å². The van der Waals surface area contributed by atoms with Crippen molar-refractivity contribution in [2.75, 3.05) is 17.3 Å². The number of nitrogens with one attached hydrogen (secondary N) is 1. The highest BCUT2D eigenvalue weighted by atomic mass is 35.5. The quantitative estimate of drug-likeness (QED) is 0.517. The summed E-state index contributed by atoms with van der Waals surface area (Å²) in [7, 11) is 1.60. The van der Waals surface area contributed by atoms with Crippen LogP contribution in [0.25, 0.3) is 6.08 Å². The van der Waals surface area contributed by atoms with E-state index in [1.807, 2.05) is 59.5 Å². The van der Waals surface area contributed by atoms with Gasteiger partial charge in [-0.15, -0.1) is 0 Å². The molecule has 36 heavy (non-hydrogen) atoms. The number of Topliss-reactive ketones (excluding diaryl/α,β-unsaturated/α-hetero) is 2. The molecular weight excluding hydrogens is 476 g/mol. The Hall–Kier alpha value is -3.90. The molecule has 1 amide bonds. The first kappa shape index (κ1) is 22.6. The monoisotopic (exact) mass is 498 g/mol. The summed E-state index contributed by atoms with van der Waals surface area (Å²) in [5, 5.41) is 3.29. The van der Waals surface area contributed by atoms with E-state index in [4.69, 9.17) is 16.3 Å². The average Bonchev–Trinajstić information content (AvgIpc) is 3.36. The van der Waals surface area contributed by atoms with Crippen LogP contribution in [0.5, 0.6) is 5.75 Å². The third kappa shape index (κ3) is 2.88. The minimum atomic E-state index is -1.32. The Morgan fingerprint density at radius 2 is 1.81 bits per heavy atom. The smallest absolute Gasteiger partial charge is 0.238 e. The van der Waals surface area contributed by atoms with Crippen molar-refractivity contribution in [2.45, 2.75) is 24.4 Å². The second kappa shape index (κ2) is 8.07. The molecule has 1 fully saturated rings. The highest BCUT2D eigenvalue weighted by Crippen LogP contribution is 2.58. The molecule has 1 N–H and O–H groups in total. The summed E-state index contributed by atoms with van der Waals surface area (Å²) >= 11 is 6.48. The number of benzene rings is 3. The first-order valence-electron chi connectivity index (χ1n) is 11.7. The lowest BCUT2D eigenvalue weighted by molar-refractivity contribution is -0.122. The van der Waals surface area contributed by atoms with Crippen LogP contribution in [0.4, 0.5) is 11.4 Å². The van der Waals surface area contributed by atoms with Crippen molar-refractivity contribution in [3.05, 3.63) is 94.5 Å². The Kier molecular flexibility index (Phi) is 5.05. The van der Waals surface area contributed by atoms with Crippen molar-refractivity contribution in [3.8, 4) is 5.75 Å². The van der Waals surface area contributed by atoms with Crippen molar-refractivity contribution in [3.63, 3.8) is 0 Å². The second-order valence-corrected chi connectivity index (χ2v) is 9.79. The Labute approximate surface area is 213 Å². The van der Waals surface area contributed by atoms with Crippen LogP contribution in [-0.4, -0.2) is 36.7 Å². The van der Waals surface area contributed by atoms with E-state index in [1.54, 1.807) is 31.4 Å². The highest BCUT2D eigenvalue weighted by Gasteiger charge is 2.69. The molecule has 3 aliphatic heterocycles. The number of para-hydroxylation sites is 1. The number of ketones is 2. The summed E-state index contributed by atoms with van der Waals surface area (Å²) in [5.41, 5.74) is 1.96. The van der Waals surface area contributed by atoms with E-state index >= 15 is 0 Å². The fourth-order valence-corrected chi connectivity index (χ4v) is 6.49. The molecule has 0 bridgehead atoms. The highest BCUT2D eigenvalue weighted by molar-refractivity contribution is 6.34. The lowest BCUT2D eigenvalue weighted by Crippen LogP contribution is -2.51. The van der Waals surface area contributed by atoms with E-state index in [-0.39, 0.29) is 22.5 Å². The first-order chi connectivity index (χ1) is 17.4. The maximum Gasteiger partial charge on any atom is 0.238 e. The largest absolute Gasteiger partial charge is 0.497 e. The molecule has 3 aliphatic rings. The van der Waals surface area contributed by atoms with Crippen LogP contribution in [0.15, 0.2) is 72.8 Å². The standard InChI is InChI=1S/C29H23ClN2O4/c1-16(33)26-25(27(34)19-7-3-5-9-21(19)30)29(20-8-4-6-10-22(20)31-28(29)35)24-14-11-17-15-18(36-2)12-13-23(17)32(24)26/h3-15,24-26H,1-2H3,(H,31,35)/t24-,25+,26+,29-/m0/s1.